The number of aromatic nitrogens is 4. The molecule has 0 aliphatic carbocycles. The third kappa shape index (κ3) is 4.41. The molecule has 0 N–H and O–H groups in total. The standard InChI is InChI=1S/C21H19ClF3N5O/c22-16-8-7-15(21(23,24)25)12-17(16)30-19(14-6-5-9-26-13-14)18(27-28-30)20(31)29-10-3-1-2-4-11-29/h5-9,12-13H,1-4,10-11H2. The van der Waals surface area contributed by atoms with Crippen LogP contribution in [0.2, 0.25) is 5.02 Å². The molecule has 4 rings (SSSR count). The van der Waals surface area contributed by atoms with Gasteiger partial charge >= 0.3 is 6.18 Å². The molecule has 0 saturated carbocycles. The number of carbonyl (C=O) groups is 1. The summed E-state index contributed by atoms with van der Waals surface area (Å²) >= 11 is 6.23. The average molecular weight is 450 g/mol. The highest BCUT2D eigenvalue weighted by Gasteiger charge is 2.32. The molecule has 0 bridgehead atoms. The molecule has 0 atom stereocenters. The van der Waals surface area contributed by atoms with Crippen LogP contribution in [0.25, 0.3) is 16.9 Å². The number of halogens is 4. The third-order valence-corrected chi connectivity index (χ3v) is 5.52. The first kappa shape index (κ1) is 21.3. The first-order valence-electron chi connectivity index (χ1n) is 9.89. The molecule has 1 amide bonds. The molecule has 3 heterocycles. The third-order valence-electron chi connectivity index (χ3n) is 5.20. The molecule has 31 heavy (non-hydrogen) atoms. The zero-order chi connectivity index (χ0) is 22.0. The van der Waals surface area contributed by atoms with Crippen molar-refractivity contribution in [2.24, 2.45) is 0 Å². The summed E-state index contributed by atoms with van der Waals surface area (Å²) < 4.78 is 41.1. The Bertz CT molecular complexity index is 1080. The number of likely N-dealkylation sites (tertiary alicyclic amines) is 1. The van der Waals surface area contributed by atoms with E-state index in [-0.39, 0.29) is 28.0 Å². The van der Waals surface area contributed by atoms with Gasteiger partial charge in [0.1, 0.15) is 5.69 Å². The number of nitrogens with zero attached hydrogens (tertiary/aromatic N) is 5. The highest BCUT2D eigenvalue weighted by Crippen LogP contribution is 2.35. The van der Waals surface area contributed by atoms with Gasteiger partial charge in [-0.1, -0.05) is 29.7 Å². The van der Waals surface area contributed by atoms with Gasteiger partial charge in [-0.25, -0.2) is 4.68 Å². The van der Waals surface area contributed by atoms with Crippen LogP contribution in [0.4, 0.5) is 13.2 Å². The number of alkyl halides is 3. The summed E-state index contributed by atoms with van der Waals surface area (Å²) in [5.41, 5.74) is -0.0798. The van der Waals surface area contributed by atoms with Gasteiger partial charge in [0.2, 0.25) is 0 Å². The van der Waals surface area contributed by atoms with Gasteiger partial charge in [0.15, 0.2) is 5.69 Å². The van der Waals surface area contributed by atoms with Crippen LogP contribution < -0.4 is 0 Å². The van der Waals surface area contributed by atoms with Crippen LogP contribution in [-0.4, -0.2) is 43.9 Å². The minimum absolute atomic E-state index is 0.0160. The smallest absolute Gasteiger partial charge is 0.337 e. The van der Waals surface area contributed by atoms with Crippen LogP contribution in [0, 0.1) is 0 Å². The van der Waals surface area contributed by atoms with Crippen molar-refractivity contribution >= 4 is 17.5 Å². The summed E-state index contributed by atoms with van der Waals surface area (Å²) in [5, 5.41) is 8.14. The van der Waals surface area contributed by atoms with E-state index in [9.17, 15) is 18.0 Å². The fourth-order valence-electron chi connectivity index (χ4n) is 3.63. The molecule has 1 aliphatic rings. The number of hydrogen-bond donors (Lipinski definition) is 0. The number of carbonyl (C=O) groups excluding carboxylic acids is 1. The van der Waals surface area contributed by atoms with Gasteiger partial charge in [-0.2, -0.15) is 13.2 Å². The van der Waals surface area contributed by atoms with Crippen molar-refractivity contribution in [3.63, 3.8) is 0 Å². The Balaban J connectivity index is 1.86. The number of benzene rings is 1. The second-order valence-corrected chi connectivity index (χ2v) is 7.72. The van der Waals surface area contributed by atoms with Crippen LogP contribution in [-0.2, 0) is 6.18 Å². The summed E-state index contributed by atoms with van der Waals surface area (Å²) in [6, 6.07) is 6.32. The molecule has 2 aromatic heterocycles. The normalized spacial score (nSPS) is 15.0. The largest absolute Gasteiger partial charge is 0.416 e. The van der Waals surface area contributed by atoms with E-state index in [4.69, 9.17) is 11.6 Å². The van der Waals surface area contributed by atoms with Crippen molar-refractivity contribution in [1.82, 2.24) is 24.9 Å². The Hall–Kier alpha value is -2.94. The number of rotatable bonds is 3. The summed E-state index contributed by atoms with van der Waals surface area (Å²) in [5.74, 6) is -0.310. The molecule has 162 valence electrons. The highest BCUT2D eigenvalue weighted by molar-refractivity contribution is 6.32. The predicted octanol–water partition coefficient (Wildman–Crippen LogP) is 5.02. The zero-order valence-corrected chi connectivity index (χ0v) is 17.2. The van der Waals surface area contributed by atoms with Crippen LogP contribution in [0.1, 0.15) is 41.7 Å². The zero-order valence-electron chi connectivity index (χ0n) is 16.4. The van der Waals surface area contributed by atoms with Crippen molar-refractivity contribution in [3.05, 3.63) is 59.0 Å². The molecular formula is C21H19ClF3N5O. The predicted molar refractivity (Wildman–Crippen MR) is 109 cm³/mol. The van der Waals surface area contributed by atoms with E-state index in [2.05, 4.69) is 15.3 Å². The quantitative estimate of drug-likeness (QED) is 0.563. The monoisotopic (exact) mass is 449 g/mol. The van der Waals surface area contributed by atoms with Crippen molar-refractivity contribution in [1.29, 1.82) is 0 Å². The van der Waals surface area contributed by atoms with E-state index in [1.165, 1.54) is 10.9 Å². The van der Waals surface area contributed by atoms with Crippen molar-refractivity contribution < 1.29 is 18.0 Å². The van der Waals surface area contributed by atoms with Gasteiger partial charge in [0.05, 0.1) is 16.3 Å². The second kappa shape index (κ2) is 8.66. The van der Waals surface area contributed by atoms with Crippen LogP contribution in [0.3, 0.4) is 0 Å². The number of hydrogen-bond acceptors (Lipinski definition) is 4. The van der Waals surface area contributed by atoms with E-state index in [1.807, 2.05) is 0 Å². The Kier molecular flexibility index (Phi) is 5.95. The summed E-state index contributed by atoms with van der Waals surface area (Å²) in [7, 11) is 0. The van der Waals surface area contributed by atoms with Gasteiger partial charge in [-0.3, -0.25) is 9.78 Å². The lowest BCUT2D eigenvalue weighted by Gasteiger charge is -2.19. The van der Waals surface area contributed by atoms with E-state index < -0.39 is 11.7 Å². The van der Waals surface area contributed by atoms with Crippen LogP contribution >= 0.6 is 11.6 Å². The van der Waals surface area contributed by atoms with Gasteiger partial charge in [-0.05, 0) is 43.2 Å². The lowest BCUT2D eigenvalue weighted by atomic mass is 10.1. The van der Waals surface area contributed by atoms with E-state index in [0.29, 0.717) is 18.7 Å². The molecule has 1 aliphatic heterocycles. The lowest BCUT2D eigenvalue weighted by molar-refractivity contribution is -0.137. The average Bonchev–Trinajstić information content (AvgIpc) is 3.00. The van der Waals surface area contributed by atoms with Crippen LogP contribution in [0.5, 0.6) is 0 Å². The molecule has 0 spiro atoms. The lowest BCUT2D eigenvalue weighted by Crippen LogP contribution is -2.32. The molecule has 1 fully saturated rings. The van der Waals surface area contributed by atoms with Gasteiger partial charge in [0, 0.05) is 31.0 Å². The maximum absolute atomic E-state index is 13.3. The van der Waals surface area contributed by atoms with Gasteiger partial charge in [0.25, 0.3) is 5.91 Å². The molecule has 3 aromatic rings. The minimum Gasteiger partial charge on any atom is -0.337 e. The van der Waals surface area contributed by atoms with Gasteiger partial charge in [-0.15, -0.1) is 5.10 Å². The maximum Gasteiger partial charge on any atom is 0.416 e. The number of pyridine rings is 1. The Morgan fingerprint density at radius 3 is 2.45 bits per heavy atom. The summed E-state index contributed by atoms with van der Waals surface area (Å²) in [6.07, 6.45) is 2.39. The van der Waals surface area contributed by atoms with E-state index in [1.54, 1.807) is 23.2 Å². The molecule has 0 radical (unpaired) electrons. The van der Waals surface area contributed by atoms with Crippen molar-refractivity contribution in [2.75, 3.05) is 13.1 Å². The Morgan fingerprint density at radius 2 is 1.81 bits per heavy atom. The number of amides is 1. The Morgan fingerprint density at radius 1 is 1.06 bits per heavy atom. The molecule has 1 aromatic carbocycles. The topological polar surface area (TPSA) is 63.9 Å². The SMILES string of the molecule is O=C(c1nnn(-c2cc(C(F)(F)F)ccc2Cl)c1-c1cccnc1)N1CCCCCC1. The minimum atomic E-state index is -4.56. The molecule has 0 unspecified atom stereocenters. The maximum atomic E-state index is 13.3. The van der Waals surface area contributed by atoms with E-state index >= 15 is 0 Å². The summed E-state index contributed by atoms with van der Waals surface area (Å²) in [4.78, 5) is 19.1. The highest BCUT2D eigenvalue weighted by atomic mass is 35.5. The fourth-order valence-corrected chi connectivity index (χ4v) is 3.83. The molecule has 1 saturated heterocycles. The van der Waals surface area contributed by atoms with Crippen molar-refractivity contribution in [3.8, 4) is 16.9 Å². The fraction of sp³-hybridized carbons (Fsp3) is 0.333. The van der Waals surface area contributed by atoms with E-state index in [0.717, 1.165) is 43.9 Å². The van der Waals surface area contributed by atoms with Crippen LogP contribution in [0.15, 0.2) is 42.7 Å². The van der Waals surface area contributed by atoms with Crippen molar-refractivity contribution in [2.45, 2.75) is 31.9 Å². The second-order valence-electron chi connectivity index (χ2n) is 7.31. The summed E-state index contributed by atoms with van der Waals surface area (Å²) in [6.45, 7) is 1.20. The Labute approximate surface area is 181 Å². The first-order valence-corrected chi connectivity index (χ1v) is 10.3. The first-order chi connectivity index (χ1) is 14.9. The molecule has 10 heteroatoms. The van der Waals surface area contributed by atoms with Gasteiger partial charge < -0.3 is 4.90 Å². The molecular weight excluding hydrogens is 431 g/mol. The molecule has 6 nitrogen and oxygen atoms in total.